The summed E-state index contributed by atoms with van der Waals surface area (Å²) in [5, 5.41) is 0.748. The number of nitrogens with zero attached hydrogens (tertiary/aromatic N) is 1. The quantitative estimate of drug-likeness (QED) is 0.309. The first-order valence-electron chi connectivity index (χ1n) is 11.1. The summed E-state index contributed by atoms with van der Waals surface area (Å²) in [6, 6.07) is 37.1. The molecule has 0 unspecified atom stereocenters. The molecule has 0 bridgehead atoms. The van der Waals surface area contributed by atoms with Crippen LogP contribution in [0.4, 0.5) is 0 Å². The summed E-state index contributed by atoms with van der Waals surface area (Å²) in [6.07, 6.45) is 1.58. The number of hydrogen-bond acceptors (Lipinski definition) is 1. The first-order valence-corrected chi connectivity index (χ1v) is 11.1. The minimum Gasteiger partial charge on any atom is -0.309 e. The number of hydrogen-bond donors (Lipinski definition) is 0. The van der Waals surface area contributed by atoms with E-state index in [0.717, 1.165) is 45.4 Å². The number of aromatic nitrogens is 1. The molecule has 0 aliphatic rings. The second kappa shape index (κ2) is 8.68. The molecule has 1 heterocycles. The SMILES string of the molecule is CCc1ccc(-n2c(-c3ccccc3)c(Cc3ccccc3)c(=O)c3ccccc32)cc1. The predicted octanol–water partition coefficient (Wildman–Crippen LogP) is 6.81. The number of rotatable bonds is 5. The van der Waals surface area contributed by atoms with E-state index in [2.05, 4.69) is 60.0 Å². The maximum absolute atomic E-state index is 13.8. The Balaban J connectivity index is 1.89. The van der Waals surface area contributed by atoms with E-state index < -0.39 is 0 Å². The van der Waals surface area contributed by atoms with Gasteiger partial charge < -0.3 is 4.57 Å². The summed E-state index contributed by atoms with van der Waals surface area (Å²) in [5.74, 6) is 0. The topological polar surface area (TPSA) is 22.0 Å². The van der Waals surface area contributed by atoms with E-state index in [9.17, 15) is 4.79 Å². The number of fused-ring (bicyclic) bond motifs is 1. The van der Waals surface area contributed by atoms with Gasteiger partial charge in [-0.3, -0.25) is 4.79 Å². The highest BCUT2D eigenvalue weighted by Crippen LogP contribution is 2.31. The van der Waals surface area contributed by atoms with E-state index in [1.54, 1.807) is 0 Å². The largest absolute Gasteiger partial charge is 0.309 e. The van der Waals surface area contributed by atoms with Crippen molar-refractivity contribution in [3.8, 4) is 16.9 Å². The fraction of sp³-hybridized carbons (Fsp3) is 0.100. The van der Waals surface area contributed by atoms with Crippen LogP contribution in [0.25, 0.3) is 27.8 Å². The molecular formula is C30H25NO. The summed E-state index contributed by atoms with van der Waals surface area (Å²) in [7, 11) is 0. The van der Waals surface area contributed by atoms with Crippen LogP contribution in [0.5, 0.6) is 0 Å². The van der Waals surface area contributed by atoms with Crippen LogP contribution in [-0.4, -0.2) is 4.57 Å². The van der Waals surface area contributed by atoms with Gasteiger partial charge in [0.1, 0.15) is 0 Å². The van der Waals surface area contributed by atoms with Crippen LogP contribution >= 0.6 is 0 Å². The fourth-order valence-electron chi connectivity index (χ4n) is 4.40. The van der Waals surface area contributed by atoms with Crippen molar-refractivity contribution in [1.29, 1.82) is 0 Å². The molecule has 0 aliphatic carbocycles. The molecule has 156 valence electrons. The third-order valence-corrected chi connectivity index (χ3v) is 6.05. The van der Waals surface area contributed by atoms with Gasteiger partial charge in [0.05, 0.1) is 11.2 Å². The Hall–Kier alpha value is -3.91. The standard InChI is InChI=1S/C30H25NO/c1-2-22-17-19-25(20-18-22)31-28-16-10-9-15-26(28)30(32)27(21-23-11-5-3-6-12-23)29(31)24-13-7-4-8-14-24/h3-20H,2,21H2,1H3. The Labute approximate surface area is 188 Å². The van der Waals surface area contributed by atoms with E-state index in [4.69, 9.17) is 0 Å². The van der Waals surface area contributed by atoms with Gasteiger partial charge in [0.25, 0.3) is 0 Å². The van der Waals surface area contributed by atoms with Crippen LogP contribution in [0, 0.1) is 0 Å². The van der Waals surface area contributed by atoms with Gasteiger partial charge in [-0.05, 0) is 47.4 Å². The lowest BCUT2D eigenvalue weighted by atomic mass is 9.95. The molecule has 4 aromatic carbocycles. The third kappa shape index (κ3) is 3.65. The minimum absolute atomic E-state index is 0.102. The van der Waals surface area contributed by atoms with E-state index in [1.807, 2.05) is 60.7 Å². The van der Waals surface area contributed by atoms with Crippen molar-refractivity contribution < 1.29 is 0 Å². The van der Waals surface area contributed by atoms with Crippen LogP contribution in [0.3, 0.4) is 0 Å². The van der Waals surface area contributed by atoms with Crippen molar-refractivity contribution in [2.24, 2.45) is 0 Å². The smallest absolute Gasteiger partial charge is 0.193 e. The lowest BCUT2D eigenvalue weighted by Crippen LogP contribution is -2.18. The van der Waals surface area contributed by atoms with Crippen molar-refractivity contribution in [1.82, 2.24) is 4.57 Å². The summed E-state index contributed by atoms with van der Waals surface area (Å²) >= 11 is 0. The number of para-hydroxylation sites is 1. The third-order valence-electron chi connectivity index (χ3n) is 6.05. The number of aryl methyl sites for hydroxylation is 1. The van der Waals surface area contributed by atoms with E-state index in [-0.39, 0.29) is 5.43 Å². The molecule has 0 atom stereocenters. The second-order valence-electron chi connectivity index (χ2n) is 8.06. The molecule has 0 aliphatic heterocycles. The highest BCUT2D eigenvalue weighted by Gasteiger charge is 2.19. The zero-order valence-corrected chi connectivity index (χ0v) is 18.2. The molecule has 0 fully saturated rings. The molecule has 5 rings (SSSR count). The molecule has 0 N–H and O–H groups in total. The molecule has 5 aromatic rings. The van der Waals surface area contributed by atoms with E-state index in [1.165, 1.54) is 5.56 Å². The van der Waals surface area contributed by atoms with Gasteiger partial charge in [0.15, 0.2) is 5.43 Å². The maximum Gasteiger partial charge on any atom is 0.193 e. The first-order chi connectivity index (χ1) is 15.8. The number of benzene rings is 4. The summed E-state index contributed by atoms with van der Waals surface area (Å²) < 4.78 is 2.25. The Bertz CT molecular complexity index is 1420. The normalized spacial score (nSPS) is 11.0. The summed E-state index contributed by atoms with van der Waals surface area (Å²) in [6.45, 7) is 2.16. The van der Waals surface area contributed by atoms with Crippen LogP contribution in [0.2, 0.25) is 0 Å². The predicted molar refractivity (Wildman–Crippen MR) is 134 cm³/mol. The molecule has 0 saturated carbocycles. The van der Waals surface area contributed by atoms with E-state index >= 15 is 0 Å². The lowest BCUT2D eigenvalue weighted by Gasteiger charge is -2.21. The lowest BCUT2D eigenvalue weighted by molar-refractivity contribution is 1.04. The van der Waals surface area contributed by atoms with Crippen LogP contribution in [0.1, 0.15) is 23.6 Å². The average Bonchev–Trinajstić information content (AvgIpc) is 2.87. The maximum atomic E-state index is 13.8. The number of pyridine rings is 1. The monoisotopic (exact) mass is 415 g/mol. The Morgan fingerprint density at radius 1 is 0.656 bits per heavy atom. The Kier molecular flexibility index (Phi) is 5.43. The van der Waals surface area contributed by atoms with Crippen molar-refractivity contribution in [3.05, 3.63) is 136 Å². The molecule has 0 spiro atoms. The zero-order chi connectivity index (χ0) is 21.9. The van der Waals surface area contributed by atoms with Crippen molar-refractivity contribution >= 4 is 10.9 Å². The van der Waals surface area contributed by atoms with Gasteiger partial charge in [0.2, 0.25) is 0 Å². The molecule has 2 nitrogen and oxygen atoms in total. The molecule has 0 saturated heterocycles. The van der Waals surface area contributed by atoms with Gasteiger partial charge in [0, 0.05) is 23.1 Å². The molecule has 0 radical (unpaired) electrons. The average molecular weight is 416 g/mol. The summed E-state index contributed by atoms with van der Waals surface area (Å²) in [4.78, 5) is 13.8. The molecule has 1 aromatic heterocycles. The van der Waals surface area contributed by atoms with E-state index in [0.29, 0.717) is 6.42 Å². The van der Waals surface area contributed by atoms with Gasteiger partial charge in [-0.1, -0.05) is 91.9 Å². The highest BCUT2D eigenvalue weighted by atomic mass is 16.1. The van der Waals surface area contributed by atoms with Crippen molar-refractivity contribution in [2.75, 3.05) is 0 Å². The first kappa shape index (κ1) is 20.0. The van der Waals surface area contributed by atoms with Crippen LogP contribution in [-0.2, 0) is 12.8 Å². The Morgan fingerprint density at radius 3 is 1.97 bits per heavy atom. The van der Waals surface area contributed by atoms with Crippen molar-refractivity contribution in [3.63, 3.8) is 0 Å². The second-order valence-corrected chi connectivity index (χ2v) is 8.06. The minimum atomic E-state index is 0.102. The van der Waals surface area contributed by atoms with Gasteiger partial charge in [-0.2, -0.15) is 0 Å². The highest BCUT2D eigenvalue weighted by molar-refractivity contribution is 5.86. The van der Waals surface area contributed by atoms with Gasteiger partial charge in [-0.25, -0.2) is 0 Å². The van der Waals surface area contributed by atoms with Crippen molar-refractivity contribution in [2.45, 2.75) is 19.8 Å². The van der Waals surface area contributed by atoms with Gasteiger partial charge in [-0.15, -0.1) is 0 Å². The molecule has 2 heteroatoms. The van der Waals surface area contributed by atoms with Crippen LogP contribution < -0.4 is 5.43 Å². The summed E-state index contributed by atoms with van der Waals surface area (Å²) in [5.41, 5.74) is 7.34. The zero-order valence-electron chi connectivity index (χ0n) is 18.2. The molecular weight excluding hydrogens is 390 g/mol. The van der Waals surface area contributed by atoms with Crippen LogP contribution in [0.15, 0.2) is 114 Å². The fourth-order valence-corrected chi connectivity index (χ4v) is 4.40. The Morgan fingerprint density at radius 2 is 1.28 bits per heavy atom. The molecule has 0 amide bonds. The van der Waals surface area contributed by atoms with Gasteiger partial charge >= 0.3 is 0 Å². The molecule has 32 heavy (non-hydrogen) atoms.